The Labute approximate surface area is 344 Å². The molecule has 15 nitrogen and oxygen atoms in total. The lowest BCUT2D eigenvalue weighted by atomic mass is 9.95. The van der Waals surface area contributed by atoms with Crippen LogP contribution in [-0.4, -0.2) is 105 Å². The van der Waals surface area contributed by atoms with Gasteiger partial charge in [-0.05, 0) is 85.5 Å². The molecule has 59 heavy (non-hydrogen) atoms. The summed E-state index contributed by atoms with van der Waals surface area (Å²) in [5.74, 6) is 1.68. The second-order valence-electron chi connectivity index (χ2n) is 16.8. The van der Waals surface area contributed by atoms with Crippen LogP contribution in [0.25, 0.3) is 33.6 Å². The van der Waals surface area contributed by atoms with Crippen molar-refractivity contribution in [2.45, 2.75) is 102 Å². The van der Waals surface area contributed by atoms with Gasteiger partial charge in [0.1, 0.15) is 23.7 Å². The van der Waals surface area contributed by atoms with Crippen LogP contribution in [0.2, 0.25) is 0 Å². The van der Waals surface area contributed by atoms with Crippen LogP contribution in [0.4, 0.5) is 9.59 Å². The monoisotopic (exact) mass is 806 g/mol. The number of piperidine rings is 2. The number of imidazole rings is 2. The minimum absolute atomic E-state index is 0.0716. The Morgan fingerprint density at radius 2 is 1.03 bits per heavy atom. The molecule has 9 atom stereocenters. The van der Waals surface area contributed by atoms with Gasteiger partial charge >= 0.3 is 12.2 Å². The number of carbonyl (C=O) groups excluding carboxylic acids is 4. The number of nitrogens with one attached hydrogen (secondary N) is 4. The van der Waals surface area contributed by atoms with E-state index in [-0.39, 0.29) is 47.8 Å². The summed E-state index contributed by atoms with van der Waals surface area (Å²) in [5, 5.41) is 5.44. The summed E-state index contributed by atoms with van der Waals surface area (Å²) >= 11 is 0. The quantitative estimate of drug-likeness (QED) is 0.126. The number of aromatic amines is 2. The van der Waals surface area contributed by atoms with Crippen LogP contribution in [-0.2, 0) is 23.8 Å². The van der Waals surface area contributed by atoms with E-state index in [1.54, 1.807) is 6.92 Å². The smallest absolute Gasteiger partial charge is 0.407 e. The SMILES string of the molecule is COC(=O)N[C@H](C(=O)N1[C@@H]2CC[C@H](C2)[C@H]1c1ncc(-c2ccc(-c3ccc(-c4cnc([C@@H]5[C@@H]6CC[C@H](C6)N5C(=O)[C@@H](NC(=O)OC)[C@H](C)OC)[nH]4)cc3)cc2)[nH]1)C(C)C. The number of fused-ring (bicyclic) bond motifs is 4. The average Bonchev–Trinajstić information content (AvgIpc) is 4.13. The first-order valence-electron chi connectivity index (χ1n) is 20.7. The Bertz CT molecular complexity index is 2170. The van der Waals surface area contributed by atoms with Crippen LogP contribution in [0.5, 0.6) is 0 Å². The second-order valence-corrected chi connectivity index (χ2v) is 16.8. The van der Waals surface area contributed by atoms with Gasteiger partial charge in [-0.1, -0.05) is 62.4 Å². The van der Waals surface area contributed by atoms with Crippen molar-refractivity contribution in [3.8, 4) is 33.6 Å². The van der Waals surface area contributed by atoms with Crippen LogP contribution < -0.4 is 10.6 Å². The molecular weight excluding hydrogens is 753 g/mol. The van der Waals surface area contributed by atoms with Crippen molar-refractivity contribution in [3.63, 3.8) is 0 Å². The summed E-state index contributed by atoms with van der Waals surface area (Å²) in [7, 11) is 4.10. The number of aromatic nitrogens is 4. The molecule has 2 aliphatic heterocycles. The molecule has 4 heterocycles. The second kappa shape index (κ2) is 16.5. The Morgan fingerprint density at radius 1 is 0.627 bits per heavy atom. The fraction of sp³-hybridized carbons (Fsp3) is 0.500. The first-order valence-corrected chi connectivity index (χ1v) is 20.7. The zero-order valence-electron chi connectivity index (χ0n) is 34.4. The lowest BCUT2D eigenvalue weighted by Crippen LogP contribution is -2.56. The lowest BCUT2D eigenvalue weighted by molar-refractivity contribution is -0.141. The van der Waals surface area contributed by atoms with Crippen molar-refractivity contribution >= 4 is 24.0 Å². The van der Waals surface area contributed by atoms with E-state index in [1.807, 2.05) is 36.0 Å². The molecule has 0 spiro atoms. The topological polar surface area (TPSA) is 184 Å². The number of likely N-dealkylation sites (tertiary alicyclic amines) is 2. The molecule has 2 aromatic heterocycles. The zero-order valence-corrected chi connectivity index (χ0v) is 34.4. The van der Waals surface area contributed by atoms with E-state index in [0.29, 0.717) is 5.92 Å². The number of methoxy groups -OCH3 is 3. The molecule has 2 aromatic carbocycles. The van der Waals surface area contributed by atoms with Crippen LogP contribution in [0, 0.1) is 17.8 Å². The van der Waals surface area contributed by atoms with Crippen molar-refractivity contribution in [3.05, 3.63) is 72.6 Å². The molecule has 15 heteroatoms. The van der Waals surface area contributed by atoms with Crippen LogP contribution in [0.1, 0.15) is 83.0 Å². The zero-order chi connectivity index (χ0) is 41.5. The maximum absolute atomic E-state index is 14.0. The molecule has 2 saturated heterocycles. The first kappa shape index (κ1) is 40.1. The molecule has 4 N–H and O–H groups in total. The molecule has 2 aliphatic carbocycles. The van der Waals surface area contributed by atoms with Crippen molar-refractivity contribution in [2.24, 2.45) is 17.8 Å². The summed E-state index contributed by atoms with van der Waals surface area (Å²) in [6.07, 6.45) is 7.55. The number of ether oxygens (including phenoxy) is 3. The van der Waals surface area contributed by atoms with Crippen LogP contribution in [0.15, 0.2) is 60.9 Å². The number of hydrogen-bond donors (Lipinski definition) is 4. The Morgan fingerprint density at radius 3 is 1.44 bits per heavy atom. The molecule has 4 amide bonds. The maximum Gasteiger partial charge on any atom is 0.407 e. The Hall–Kier alpha value is -5.70. The number of hydrogen-bond acceptors (Lipinski definition) is 9. The third kappa shape index (κ3) is 7.56. The van der Waals surface area contributed by atoms with Crippen molar-refractivity contribution in [1.82, 2.24) is 40.4 Å². The minimum Gasteiger partial charge on any atom is -0.453 e. The highest BCUT2D eigenvalue weighted by atomic mass is 16.5. The highest BCUT2D eigenvalue weighted by Crippen LogP contribution is 2.51. The molecule has 0 unspecified atom stereocenters. The number of benzene rings is 2. The van der Waals surface area contributed by atoms with Gasteiger partial charge in [0.25, 0.3) is 0 Å². The lowest BCUT2D eigenvalue weighted by Gasteiger charge is -2.37. The van der Waals surface area contributed by atoms with Gasteiger partial charge in [-0.2, -0.15) is 0 Å². The average molecular weight is 807 g/mol. The number of nitrogens with zero attached hydrogens (tertiary/aromatic N) is 4. The summed E-state index contributed by atoms with van der Waals surface area (Å²) < 4.78 is 15.1. The van der Waals surface area contributed by atoms with E-state index in [4.69, 9.17) is 24.2 Å². The standard InChI is InChI=1S/C44H54N8O7/c1-23(2)35(49-43(55)58-5)41(53)51-31-17-15-29(19-31)37(51)39-45-21-33(47-39)27-11-7-25(8-12-27)26-9-13-28(14-10-26)34-22-46-40(48-34)38-30-16-18-32(20-30)52(38)42(54)36(24(3)57-4)50-44(56)59-6/h7-14,21-24,29-32,35-38H,15-20H2,1-6H3,(H,45,47)(H,46,48)(H,49,55)(H,50,56)/t24-,29+,30+,31+,32+,35-,36-,37-,38-/m0/s1. The maximum atomic E-state index is 14.0. The molecule has 312 valence electrons. The molecule has 0 radical (unpaired) electrons. The van der Waals surface area contributed by atoms with Crippen molar-refractivity contribution in [1.29, 1.82) is 0 Å². The molecule has 2 saturated carbocycles. The third-order valence-electron chi connectivity index (χ3n) is 13.1. The molecule has 4 aliphatic rings. The highest BCUT2D eigenvalue weighted by Gasteiger charge is 2.53. The summed E-state index contributed by atoms with van der Waals surface area (Å²) in [6.45, 7) is 5.61. The molecular formula is C44H54N8O7. The van der Waals surface area contributed by atoms with E-state index < -0.39 is 30.4 Å². The van der Waals surface area contributed by atoms with Crippen LogP contribution >= 0.6 is 0 Å². The van der Waals surface area contributed by atoms with E-state index in [2.05, 4.69) is 69.1 Å². The van der Waals surface area contributed by atoms with E-state index in [1.165, 1.54) is 21.3 Å². The van der Waals surface area contributed by atoms with Gasteiger partial charge in [0, 0.05) is 19.2 Å². The van der Waals surface area contributed by atoms with Gasteiger partial charge in [-0.15, -0.1) is 0 Å². The number of alkyl carbamates (subject to hydrolysis) is 2. The fourth-order valence-electron chi connectivity index (χ4n) is 9.99. The minimum atomic E-state index is -0.889. The normalized spacial score (nSPS) is 24.6. The van der Waals surface area contributed by atoms with E-state index in [9.17, 15) is 19.2 Å². The molecule has 4 bridgehead atoms. The Balaban J connectivity index is 0.952. The van der Waals surface area contributed by atoms with E-state index >= 15 is 0 Å². The summed E-state index contributed by atoms with van der Waals surface area (Å²) in [6, 6.07) is 14.8. The van der Waals surface area contributed by atoms with Crippen molar-refractivity contribution in [2.75, 3.05) is 21.3 Å². The molecule has 4 fully saturated rings. The van der Waals surface area contributed by atoms with Gasteiger partial charge in [0.15, 0.2) is 0 Å². The van der Waals surface area contributed by atoms with Gasteiger partial charge < -0.3 is 44.6 Å². The Kier molecular flexibility index (Phi) is 11.2. The highest BCUT2D eigenvalue weighted by molar-refractivity contribution is 5.88. The van der Waals surface area contributed by atoms with Gasteiger partial charge in [0.05, 0.1) is 56.2 Å². The van der Waals surface area contributed by atoms with E-state index in [0.717, 1.165) is 83.8 Å². The molecule has 8 rings (SSSR count). The summed E-state index contributed by atoms with van der Waals surface area (Å²) in [4.78, 5) is 72.7. The predicted molar refractivity (Wildman–Crippen MR) is 218 cm³/mol. The number of amides is 4. The first-order chi connectivity index (χ1) is 28.5. The predicted octanol–water partition coefficient (Wildman–Crippen LogP) is 6.38. The fourth-order valence-corrected chi connectivity index (χ4v) is 9.99. The van der Waals surface area contributed by atoms with Gasteiger partial charge in [-0.25, -0.2) is 19.6 Å². The largest absolute Gasteiger partial charge is 0.453 e. The summed E-state index contributed by atoms with van der Waals surface area (Å²) in [5.41, 5.74) is 5.81. The third-order valence-corrected chi connectivity index (χ3v) is 13.1. The number of H-pyrrole nitrogens is 2. The van der Waals surface area contributed by atoms with Crippen LogP contribution in [0.3, 0.4) is 0 Å². The van der Waals surface area contributed by atoms with Gasteiger partial charge in [-0.3, -0.25) is 9.59 Å². The van der Waals surface area contributed by atoms with Crippen molar-refractivity contribution < 1.29 is 33.4 Å². The van der Waals surface area contributed by atoms with Gasteiger partial charge in [0.2, 0.25) is 11.8 Å². The molecule has 4 aromatic rings. The number of rotatable bonds is 12. The number of carbonyl (C=O) groups is 4.